The Balaban J connectivity index is 1.77. The van der Waals surface area contributed by atoms with Crippen LogP contribution in [0.5, 0.6) is 17.2 Å². The lowest BCUT2D eigenvalue weighted by Crippen LogP contribution is -2.29. The van der Waals surface area contributed by atoms with Gasteiger partial charge >= 0.3 is 0 Å². The second-order valence-corrected chi connectivity index (χ2v) is 6.73. The number of benzene rings is 2. The highest BCUT2D eigenvalue weighted by molar-refractivity contribution is 7.99. The van der Waals surface area contributed by atoms with Crippen molar-refractivity contribution < 1.29 is 14.9 Å². The van der Waals surface area contributed by atoms with Gasteiger partial charge in [-0.3, -0.25) is 0 Å². The summed E-state index contributed by atoms with van der Waals surface area (Å²) in [4.78, 5) is 0. The first kappa shape index (κ1) is 12.9. The van der Waals surface area contributed by atoms with Crippen molar-refractivity contribution in [2.75, 3.05) is 11.5 Å². The van der Waals surface area contributed by atoms with Crippen molar-refractivity contribution in [3.63, 3.8) is 0 Å². The van der Waals surface area contributed by atoms with Crippen LogP contribution in [0.15, 0.2) is 42.5 Å². The summed E-state index contributed by atoms with van der Waals surface area (Å²) in [6.45, 7) is 0. The third-order valence-corrected chi connectivity index (χ3v) is 5.60. The van der Waals surface area contributed by atoms with Gasteiger partial charge in [0.1, 0.15) is 23.4 Å². The Hall–Kier alpha value is -1.81. The van der Waals surface area contributed by atoms with Crippen LogP contribution in [0.1, 0.15) is 23.1 Å². The summed E-state index contributed by atoms with van der Waals surface area (Å²) >= 11 is 1.94. The molecule has 4 rings (SSSR count). The molecule has 0 spiro atoms. The van der Waals surface area contributed by atoms with Gasteiger partial charge in [0.05, 0.1) is 0 Å². The van der Waals surface area contributed by atoms with Crippen LogP contribution in [0.4, 0.5) is 0 Å². The van der Waals surface area contributed by atoms with Gasteiger partial charge in [-0.1, -0.05) is 12.1 Å². The third-order valence-electron chi connectivity index (χ3n) is 4.38. The maximum atomic E-state index is 9.73. The lowest BCUT2D eigenvalue weighted by atomic mass is 9.80. The molecule has 1 fully saturated rings. The van der Waals surface area contributed by atoms with E-state index >= 15 is 0 Å². The number of rotatable bonds is 1. The van der Waals surface area contributed by atoms with Crippen molar-refractivity contribution in [3.05, 3.63) is 53.6 Å². The summed E-state index contributed by atoms with van der Waals surface area (Å²) in [6, 6.07) is 12.7. The number of fused-ring (bicyclic) bond motifs is 3. The maximum absolute atomic E-state index is 9.73. The predicted molar refractivity (Wildman–Crippen MR) is 83.1 cm³/mol. The van der Waals surface area contributed by atoms with Crippen molar-refractivity contribution in [2.24, 2.45) is 5.92 Å². The van der Waals surface area contributed by atoms with Crippen LogP contribution >= 0.6 is 11.8 Å². The summed E-state index contributed by atoms with van der Waals surface area (Å²) in [5.41, 5.74) is 2.23. The maximum Gasteiger partial charge on any atom is 0.128 e. The molecule has 0 saturated carbocycles. The first-order chi connectivity index (χ1) is 10.2. The van der Waals surface area contributed by atoms with E-state index in [9.17, 15) is 10.2 Å². The normalized spacial score (nSPS) is 26.8. The van der Waals surface area contributed by atoms with Crippen LogP contribution in [-0.2, 0) is 0 Å². The van der Waals surface area contributed by atoms with Crippen LogP contribution in [0.3, 0.4) is 0 Å². The topological polar surface area (TPSA) is 49.7 Å². The van der Waals surface area contributed by atoms with E-state index in [1.165, 1.54) is 0 Å². The number of phenols is 2. The Morgan fingerprint density at radius 3 is 2.52 bits per heavy atom. The van der Waals surface area contributed by atoms with Crippen LogP contribution < -0.4 is 4.74 Å². The molecule has 0 aromatic heterocycles. The fourth-order valence-corrected chi connectivity index (χ4v) is 4.82. The Kier molecular flexibility index (Phi) is 3.00. The highest BCUT2D eigenvalue weighted by atomic mass is 32.2. The molecule has 108 valence electrons. The van der Waals surface area contributed by atoms with E-state index in [0.717, 1.165) is 28.4 Å². The van der Waals surface area contributed by atoms with Gasteiger partial charge in [-0.05, 0) is 35.9 Å². The lowest BCUT2D eigenvalue weighted by molar-refractivity contribution is 0.114. The molecule has 2 aliphatic rings. The van der Waals surface area contributed by atoms with Crippen molar-refractivity contribution in [2.45, 2.75) is 12.0 Å². The Morgan fingerprint density at radius 2 is 1.71 bits per heavy atom. The second-order valence-electron chi connectivity index (χ2n) is 5.66. The SMILES string of the molecule is Oc1ccc(C2Oc3ccc(O)cc3[C@@H]3CSC[C@H]23)cc1. The van der Waals surface area contributed by atoms with E-state index in [-0.39, 0.29) is 11.9 Å². The van der Waals surface area contributed by atoms with Gasteiger partial charge in [-0.15, -0.1) is 0 Å². The minimum absolute atomic E-state index is 0.0163. The van der Waals surface area contributed by atoms with E-state index in [1.54, 1.807) is 18.2 Å². The molecule has 0 amide bonds. The van der Waals surface area contributed by atoms with Crippen LogP contribution in [0.25, 0.3) is 0 Å². The summed E-state index contributed by atoms with van der Waals surface area (Å²) in [6.07, 6.45) is 0.0163. The van der Waals surface area contributed by atoms with Gasteiger partial charge in [0.15, 0.2) is 0 Å². The smallest absolute Gasteiger partial charge is 0.128 e. The number of thioether (sulfide) groups is 1. The third kappa shape index (κ3) is 2.14. The Labute approximate surface area is 127 Å². The van der Waals surface area contributed by atoms with E-state index < -0.39 is 0 Å². The van der Waals surface area contributed by atoms with Crippen LogP contribution in [0.2, 0.25) is 0 Å². The molecule has 0 aliphatic carbocycles. The van der Waals surface area contributed by atoms with Crippen LogP contribution in [0, 0.1) is 5.92 Å². The predicted octanol–water partition coefficient (Wildman–Crippen LogP) is 3.68. The molecule has 2 aromatic carbocycles. The van der Waals surface area contributed by atoms with Crippen molar-refractivity contribution >= 4 is 11.8 Å². The standard InChI is InChI=1S/C17H16O3S/c18-11-3-1-10(2-4-11)17-15-9-21-8-14(15)13-7-12(19)5-6-16(13)20-17/h1-7,14-15,17-19H,8-9H2/t14-,15-,17?/m0/s1. The summed E-state index contributed by atoms with van der Waals surface area (Å²) in [7, 11) is 0. The molecule has 3 atom stereocenters. The molecule has 0 bridgehead atoms. The van der Waals surface area contributed by atoms with Gasteiger partial charge in [-0.25, -0.2) is 0 Å². The zero-order valence-corrected chi connectivity index (χ0v) is 12.2. The highest BCUT2D eigenvalue weighted by Crippen LogP contribution is 2.52. The largest absolute Gasteiger partial charge is 0.508 e. The molecule has 0 radical (unpaired) electrons. The molecule has 1 saturated heterocycles. The average Bonchev–Trinajstić information content (AvgIpc) is 2.97. The molecule has 21 heavy (non-hydrogen) atoms. The van der Waals surface area contributed by atoms with Gasteiger partial charge in [0.2, 0.25) is 0 Å². The lowest BCUT2D eigenvalue weighted by Gasteiger charge is -2.36. The molecular formula is C17H16O3S. The molecule has 4 heteroatoms. The number of aromatic hydroxyl groups is 2. The second kappa shape index (κ2) is 4.88. The molecular weight excluding hydrogens is 284 g/mol. The van der Waals surface area contributed by atoms with Gasteiger partial charge in [0, 0.05) is 28.9 Å². The molecule has 1 unspecified atom stereocenters. The van der Waals surface area contributed by atoms with E-state index in [4.69, 9.17) is 4.74 Å². The van der Waals surface area contributed by atoms with Crippen molar-refractivity contribution in [3.8, 4) is 17.2 Å². The molecule has 2 heterocycles. The summed E-state index contributed by atoms with van der Waals surface area (Å²) < 4.78 is 6.22. The molecule has 2 aliphatic heterocycles. The molecule has 3 nitrogen and oxygen atoms in total. The minimum atomic E-state index is 0.0163. The van der Waals surface area contributed by atoms with Crippen molar-refractivity contribution in [1.82, 2.24) is 0 Å². The van der Waals surface area contributed by atoms with E-state index in [0.29, 0.717) is 17.6 Å². The Morgan fingerprint density at radius 1 is 0.952 bits per heavy atom. The monoisotopic (exact) mass is 300 g/mol. The summed E-state index contributed by atoms with van der Waals surface area (Å²) in [5, 5.41) is 19.2. The number of hydrogen-bond acceptors (Lipinski definition) is 4. The number of ether oxygens (including phenoxy) is 1. The van der Waals surface area contributed by atoms with Gasteiger partial charge in [0.25, 0.3) is 0 Å². The molecule has 2 N–H and O–H groups in total. The van der Waals surface area contributed by atoms with E-state index in [1.807, 2.05) is 36.0 Å². The van der Waals surface area contributed by atoms with Crippen molar-refractivity contribution in [1.29, 1.82) is 0 Å². The zero-order valence-electron chi connectivity index (χ0n) is 11.4. The first-order valence-electron chi connectivity index (χ1n) is 7.08. The zero-order chi connectivity index (χ0) is 14.4. The molecule has 2 aromatic rings. The van der Waals surface area contributed by atoms with Crippen LogP contribution in [-0.4, -0.2) is 21.7 Å². The summed E-state index contributed by atoms with van der Waals surface area (Å²) in [5.74, 6) is 4.41. The first-order valence-corrected chi connectivity index (χ1v) is 8.24. The van der Waals surface area contributed by atoms with Gasteiger partial charge < -0.3 is 14.9 Å². The number of phenolic OH excluding ortho intramolecular Hbond substituents is 2. The highest BCUT2D eigenvalue weighted by Gasteiger charge is 2.42. The number of hydrogen-bond donors (Lipinski definition) is 2. The minimum Gasteiger partial charge on any atom is -0.508 e. The Bertz CT molecular complexity index is 668. The van der Waals surface area contributed by atoms with Gasteiger partial charge in [-0.2, -0.15) is 11.8 Å². The quantitative estimate of drug-likeness (QED) is 0.843. The fraction of sp³-hybridized carbons (Fsp3) is 0.294. The fourth-order valence-electron chi connectivity index (χ4n) is 3.33. The average molecular weight is 300 g/mol. The van der Waals surface area contributed by atoms with E-state index in [2.05, 4.69) is 0 Å².